The molecule has 0 bridgehead atoms. The van der Waals surface area contributed by atoms with Gasteiger partial charge in [-0.25, -0.2) is 0 Å². The van der Waals surface area contributed by atoms with Crippen molar-refractivity contribution in [1.82, 2.24) is 0 Å². The highest BCUT2D eigenvalue weighted by Crippen LogP contribution is 2.23. The summed E-state index contributed by atoms with van der Waals surface area (Å²) in [6.07, 6.45) is 0. The van der Waals surface area contributed by atoms with Crippen LogP contribution in [-0.4, -0.2) is 20.0 Å². The third kappa shape index (κ3) is 4.21. The number of likely N-dealkylation sites (N-methyl/N-ethyl adjacent to an activating group) is 1. The zero-order chi connectivity index (χ0) is 15.4. The maximum Gasteiger partial charge on any atom is 0.287 e. The molecule has 3 nitrogen and oxygen atoms in total. The molecule has 0 unspecified atom stereocenters. The molecule has 0 radical (unpaired) electrons. The molecule has 2 N–H and O–H groups in total. The standard InChI is InChI=1S/C16H16Cl2N2O/c1-20(2)15(11-6-4-3-5-7-11)16(21)19-14-9-12(17)8-13(18)10-14/h3-10,15H,1-2H3,(H,19,21)/p+1/t15-/m1/s1. The zero-order valence-electron chi connectivity index (χ0n) is 11.9. The predicted molar refractivity (Wildman–Crippen MR) is 87.1 cm³/mol. The van der Waals surface area contributed by atoms with Crippen molar-refractivity contribution < 1.29 is 9.69 Å². The second-order valence-corrected chi connectivity index (χ2v) is 5.94. The van der Waals surface area contributed by atoms with E-state index in [1.165, 1.54) is 0 Å². The average Bonchev–Trinajstić information content (AvgIpc) is 2.38. The van der Waals surface area contributed by atoms with Crippen molar-refractivity contribution in [2.24, 2.45) is 0 Å². The fourth-order valence-corrected chi connectivity index (χ4v) is 2.76. The molecule has 0 heterocycles. The summed E-state index contributed by atoms with van der Waals surface area (Å²) in [7, 11) is 3.89. The summed E-state index contributed by atoms with van der Waals surface area (Å²) >= 11 is 11.9. The van der Waals surface area contributed by atoms with Crippen LogP contribution < -0.4 is 10.2 Å². The summed E-state index contributed by atoms with van der Waals surface area (Å²) in [6, 6.07) is 14.4. The van der Waals surface area contributed by atoms with Crippen molar-refractivity contribution in [2.75, 3.05) is 19.4 Å². The van der Waals surface area contributed by atoms with Crippen LogP contribution in [0.3, 0.4) is 0 Å². The molecule has 0 aromatic heterocycles. The third-order valence-electron chi connectivity index (χ3n) is 3.10. The van der Waals surface area contributed by atoms with Gasteiger partial charge in [0.2, 0.25) is 0 Å². The maximum atomic E-state index is 12.6. The quantitative estimate of drug-likeness (QED) is 0.891. The lowest BCUT2D eigenvalue weighted by molar-refractivity contribution is -0.881. The Hall–Kier alpha value is -1.55. The van der Waals surface area contributed by atoms with E-state index in [9.17, 15) is 4.79 Å². The topological polar surface area (TPSA) is 33.5 Å². The Kier molecular flexibility index (Phi) is 5.23. The Morgan fingerprint density at radius 1 is 1.05 bits per heavy atom. The van der Waals surface area contributed by atoms with Crippen LogP contribution in [0.1, 0.15) is 11.6 Å². The molecular formula is C16H17Cl2N2O+. The number of halogens is 2. The molecule has 0 aliphatic heterocycles. The minimum absolute atomic E-state index is 0.0977. The van der Waals surface area contributed by atoms with Crippen LogP contribution in [0.2, 0.25) is 10.0 Å². The molecule has 1 atom stereocenters. The molecule has 5 heteroatoms. The highest BCUT2D eigenvalue weighted by molar-refractivity contribution is 6.35. The minimum Gasteiger partial charge on any atom is -0.326 e. The van der Waals surface area contributed by atoms with Gasteiger partial charge in [-0.3, -0.25) is 4.79 Å². The Morgan fingerprint density at radius 2 is 1.62 bits per heavy atom. The highest BCUT2D eigenvalue weighted by Gasteiger charge is 2.26. The molecule has 0 saturated carbocycles. The maximum absolute atomic E-state index is 12.6. The first-order valence-corrected chi connectivity index (χ1v) is 7.35. The predicted octanol–water partition coefficient (Wildman–Crippen LogP) is 2.82. The summed E-state index contributed by atoms with van der Waals surface area (Å²) in [5, 5.41) is 3.86. The van der Waals surface area contributed by atoms with E-state index in [2.05, 4.69) is 5.32 Å². The fourth-order valence-electron chi connectivity index (χ4n) is 2.23. The number of rotatable bonds is 4. The average molecular weight is 324 g/mol. The van der Waals surface area contributed by atoms with E-state index in [0.717, 1.165) is 10.5 Å². The van der Waals surface area contributed by atoms with Crippen molar-refractivity contribution in [3.05, 3.63) is 64.1 Å². The van der Waals surface area contributed by atoms with Crippen LogP contribution in [0.4, 0.5) is 5.69 Å². The molecule has 0 aliphatic rings. The SMILES string of the molecule is C[NH+](C)[C@@H](C(=O)Nc1cc(Cl)cc(Cl)c1)c1ccccc1. The van der Waals surface area contributed by atoms with E-state index < -0.39 is 0 Å². The van der Waals surface area contributed by atoms with Gasteiger partial charge in [0.1, 0.15) is 0 Å². The third-order valence-corrected chi connectivity index (χ3v) is 3.54. The lowest BCUT2D eigenvalue weighted by atomic mass is 10.1. The van der Waals surface area contributed by atoms with Crippen LogP contribution in [0.5, 0.6) is 0 Å². The van der Waals surface area contributed by atoms with Crippen molar-refractivity contribution in [2.45, 2.75) is 6.04 Å². The van der Waals surface area contributed by atoms with Crippen molar-refractivity contribution in [1.29, 1.82) is 0 Å². The minimum atomic E-state index is -0.302. The van der Waals surface area contributed by atoms with E-state index in [4.69, 9.17) is 23.2 Å². The Morgan fingerprint density at radius 3 is 2.14 bits per heavy atom. The lowest BCUT2D eigenvalue weighted by Gasteiger charge is -2.21. The second kappa shape index (κ2) is 6.94. The first-order chi connectivity index (χ1) is 9.97. The van der Waals surface area contributed by atoms with E-state index >= 15 is 0 Å². The van der Waals surface area contributed by atoms with Gasteiger partial charge in [0.15, 0.2) is 6.04 Å². The normalized spacial score (nSPS) is 12.2. The van der Waals surface area contributed by atoms with Gasteiger partial charge in [0.25, 0.3) is 5.91 Å². The number of carbonyl (C=O) groups excluding carboxylic acids is 1. The Bertz CT molecular complexity index is 609. The van der Waals surface area contributed by atoms with E-state index in [0.29, 0.717) is 15.7 Å². The number of benzene rings is 2. The van der Waals surface area contributed by atoms with Crippen LogP contribution in [0.15, 0.2) is 48.5 Å². The molecule has 2 aromatic carbocycles. The van der Waals surface area contributed by atoms with E-state index in [1.807, 2.05) is 44.4 Å². The van der Waals surface area contributed by atoms with Gasteiger partial charge >= 0.3 is 0 Å². The smallest absolute Gasteiger partial charge is 0.287 e. The largest absolute Gasteiger partial charge is 0.326 e. The van der Waals surface area contributed by atoms with E-state index in [1.54, 1.807) is 18.2 Å². The van der Waals surface area contributed by atoms with Gasteiger partial charge in [-0.05, 0) is 18.2 Å². The molecule has 0 aliphatic carbocycles. The molecule has 2 rings (SSSR count). The van der Waals surface area contributed by atoms with Crippen LogP contribution in [0.25, 0.3) is 0 Å². The summed E-state index contributed by atoms with van der Waals surface area (Å²) in [6.45, 7) is 0. The van der Waals surface area contributed by atoms with Crippen LogP contribution in [0, 0.1) is 0 Å². The molecule has 0 fully saturated rings. The monoisotopic (exact) mass is 323 g/mol. The molecule has 2 aromatic rings. The first kappa shape index (κ1) is 15.8. The van der Waals surface area contributed by atoms with Gasteiger partial charge in [0.05, 0.1) is 14.1 Å². The van der Waals surface area contributed by atoms with Gasteiger partial charge in [-0.15, -0.1) is 0 Å². The van der Waals surface area contributed by atoms with E-state index in [-0.39, 0.29) is 11.9 Å². The van der Waals surface area contributed by atoms with Gasteiger partial charge in [-0.1, -0.05) is 53.5 Å². The van der Waals surface area contributed by atoms with Crippen LogP contribution in [-0.2, 0) is 4.79 Å². The lowest BCUT2D eigenvalue weighted by Crippen LogP contribution is -3.07. The van der Waals surface area contributed by atoms with Crippen molar-refractivity contribution in [3.8, 4) is 0 Å². The summed E-state index contributed by atoms with van der Waals surface area (Å²) in [5.41, 5.74) is 1.56. The zero-order valence-corrected chi connectivity index (χ0v) is 13.4. The fraction of sp³-hybridized carbons (Fsp3) is 0.188. The van der Waals surface area contributed by atoms with Gasteiger partial charge in [0, 0.05) is 21.3 Å². The number of nitrogens with one attached hydrogen (secondary N) is 2. The highest BCUT2D eigenvalue weighted by atomic mass is 35.5. The molecule has 21 heavy (non-hydrogen) atoms. The number of anilines is 1. The summed E-state index contributed by atoms with van der Waals surface area (Å²) in [5.74, 6) is -0.0977. The number of hydrogen-bond acceptors (Lipinski definition) is 1. The van der Waals surface area contributed by atoms with Crippen molar-refractivity contribution in [3.63, 3.8) is 0 Å². The number of amides is 1. The van der Waals surface area contributed by atoms with Gasteiger partial charge in [-0.2, -0.15) is 0 Å². The number of carbonyl (C=O) groups is 1. The second-order valence-electron chi connectivity index (χ2n) is 5.07. The molecule has 1 amide bonds. The molecular weight excluding hydrogens is 307 g/mol. The molecule has 0 spiro atoms. The first-order valence-electron chi connectivity index (χ1n) is 6.59. The number of hydrogen-bond donors (Lipinski definition) is 2. The molecule has 110 valence electrons. The Balaban J connectivity index is 2.24. The summed E-state index contributed by atoms with van der Waals surface area (Å²) in [4.78, 5) is 13.6. The molecule has 0 saturated heterocycles. The summed E-state index contributed by atoms with van der Waals surface area (Å²) < 4.78 is 0. The van der Waals surface area contributed by atoms with Crippen LogP contribution >= 0.6 is 23.2 Å². The van der Waals surface area contributed by atoms with Gasteiger partial charge < -0.3 is 10.2 Å². The van der Waals surface area contributed by atoms with Crippen molar-refractivity contribution >= 4 is 34.8 Å². The Labute approximate surface area is 134 Å². The number of quaternary nitrogens is 1.